The maximum absolute atomic E-state index is 13.4. The van der Waals surface area contributed by atoms with Crippen molar-refractivity contribution in [2.45, 2.75) is 62.7 Å². The number of carbonyl (C=O) groups is 3. The molecule has 4 rings (SSSR count). The number of thioether (sulfide) groups is 1. The molecule has 1 atom stereocenters. The summed E-state index contributed by atoms with van der Waals surface area (Å²) in [7, 11) is 1.89. The topological polar surface area (TPSA) is 75.5 Å². The molecule has 0 bridgehead atoms. The normalized spacial score (nSPS) is 19.8. The van der Waals surface area contributed by atoms with Gasteiger partial charge < -0.3 is 9.47 Å². The van der Waals surface area contributed by atoms with E-state index in [-0.39, 0.29) is 35.9 Å². The minimum Gasteiger partial charge on any atom is -0.329 e. The van der Waals surface area contributed by atoms with Gasteiger partial charge in [-0.25, -0.2) is 9.88 Å². The Hall–Kier alpha value is -2.61. The van der Waals surface area contributed by atoms with Crippen LogP contribution in [0.5, 0.6) is 0 Å². The van der Waals surface area contributed by atoms with E-state index in [1.54, 1.807) is 23.2 Å². The number of aryl methyl sites for hydroxylation is 2. The number of hydrogen-bond donors (Lipinski definition) is 0. The number of imidazole rings is 1. The van der Waals surface area contributed by atoms with Crippen molar-refractivity contribution in [1.82, 2.24) is 14.5 Å². The standard InChI is InChI=1S/C23H28N4O3S/c1-16-8-10-18(11-9-16)27-20(28)14-19(22(27)30)26(17-6-4-3-5-7-17)21(29)15-31-23-24-12-13-25(23)2/h8-13,17,19H,3-7,14-15H2,1-2H3. The molecule has 1 aliphatic carbocycles. The van der Waals surface area contributed by atoms with Crippen LogP contribution in [0.1, 0.15) is 44.1 Å². The smallest absolute Gasteiger partial charge is 0.257 e. The first-order valence-corrected chi connectivity index (χ1v) is 11.8. The third-order valence-electron chi connectivity index (χ3n) is 6.11. The number of imide groups is 1. The Morgan fingerprint density at radius 3 is 2.52 bits per heavy atom. The van der Waals surface area contributed by atoms with Crippen LogP contribution in [0.3, 0.4) is 0 Å². The number of rotatable bonds is 6. The second-order valence-corrected chi connectivity index (χ2v) is 9.27. The molecule has 2 aliphatic rings. The van der Waals surface area contributed by atoms with E-state index in [0.29, 0.717) is 5.69 Å². The molecule has 1 saturated carbocycles. The highest BCUT2D eigenvalue weighted by Gasteiger charge is 2.46. The molecule has 1 saturated heterocycles. The van der Waals surface area contributed by atoms with Gasteiger partial charge in [-0.2, -0.15) is 0 Å². The third-order valence-corrected chi connectivity index (χ3v) is 7.15. The van der Waals surface area contributed by atoms with Crippen LogP contribution in [0.15, 0.2) is 41.8 Å². The van der Waals surface area contributed by atoms with Crippen LogP contribution in [0, 0.1) is 6.92 Å². The third kappa shape index (κ3) is 4.54. The van der Waals surface area contributed by atoms with E-state index in [9.17, 15) is 14.4 Å². The number of carbonyl (C=O) groups excluding carboxylic acids is 3. The van der Waals surface area contributed by atoms with Crippen molar-refractivity contribution < 1.29 is 14.4 Å². The summed E-state index contributed by atoms with van der Waals surface area (Å²) in [5, 5.41) is 0.757. The van der Waals surface area contributed by atoms with Crippen molar-refractivity contribution in [2.75, 3.05) is 10.7 Å². The highest BCUT2D eigenvalue weighted by Crippen LogP contribution is 2.32. The Bertz CT molecular complexity index is 965. The first-order valence-electron chi connectivity index (χ1n) is 10.8. The predicted molar refractivity (Wildman–Crippen MR) is 120 cm³/mol. The fraction of sp³-hybridized carbons (Fsp3) is 0.478. The first kappa shape index (κ1) is 21.6. The molecule has 1 aliphatic heterocycles. The van der Waals surface area contributed by atoms with Crippen LogP contribution >= 0.6 is 11.8 Å². The summed E-state index contributed by atoms with van der Waals surface area (Å²) >= 11 is 1.36. The van der Waals surface area contributed by atoms with Crippen molar-refractivity contribution in [1.29, 1.82) is 0 Å². The molecular formula is C23H28N4O3S. The number of nitrogens with zero attached hydrogens (tertiary/aromatic N) is 4. The van der Waals surface area contributed by atoms with Crippen molar-refractivity contribution in [3.05, 3.63) is 42.2 Å². The summed E-state index contributed by atoms with van der Waals surface area (Å²) in [5.74, 6) is -0.445. The maximum atomic E-state index is 13.4. The highest BCUT2D eigenvalue weighted by molar-refractivity contribution is 7.99. The van der Waals surface area contributed by atoms with Gasteiger partial charge >= 0.3 is 0 Å². The van der Waals surface area contributed by atoms with Gasteiger partial charge in [0.1, 0.15) is 6.04 Å². The van der Waals surface area contributed by atoms with Crippen molar-refractivity contribution in [3.8, 4) is 0 Å². The monoisotopic (exact) mass is 440 g/mol. The molecule has 3 amide bonds. The number of anilines is 1. The number of aromatic nitrogens is 2. The molecule has 1 aromatic carbocycles. The van der Waals surface area contributed by atoms with Gasteiger partial charge in [-0.15, -0.1) is 0 Å². The zero-order chi connectivity index (χ0) is 22.0. The molecule has 8 heteroatoms. The van der Waals surface area contributed by atoms with E-state index in [0.717, 1.165) is 42.8 Å². The fourth-order valence-corrected chi connectivity index (χ4v) is 5.28. The van der Waals surface area contributed by atoms with Gasteiger partial charge in [-0.05, 0) is 31.9 Å². The zero-order valence-corrected chi connectivity index (χ0v) is 18.8. The Balaban J connectivity index is 1.56. The van der Waals surface area contributed by atoms with E-state index < -0.39 is 6.04 Å². The Kier molecular flexibility index (Phi) is 6.46. The highest BCUT2D eigenvalue weighted by atomic mass is 32.2. The molecule has 2 aromatic rings. The van der Waals surface area contributed by atoms with Gasteiger partial charge in [-0.3, -0.25) is 14.4 Å². The minimum absolute atomic E-state index is 0.00272. The quantitative estimate of drug-likeness (QED) is 0.509. The lowest BCUT2D eigenvalue weighted by molar-refractivity contribution is -0.139. The SMILES string of the molecule is Cc1ccc(N2C(=O)CC(N(C(=O)CSc3nccn3C)C3CCCCC3)C2=O)cc1. The van der Waals surface area contributed by atoms with Crippen LogP contribution in [0.4, 0.5) is 5.69 Å². The molecule has 164 valence electrons. The van der Waals surface area contributed by atoms with E-state index in [1.165, 1.54) is 16.7 Å². The minimum atomic E-state index is -0.730. The number of hydrogen-bond acceptors (Lipinski definition) is 5. The summed E-state index contributed by atoms with van der Waals surface area (Å²) < 4.78 is 1.87. The molecule has 0 N–H and O–H groups in total. The van der Waals surface area contributed by atoms with E-state index in [4.69, 9.17) is 0 Å². The first-order chi connectivity index (χ1) is 15.0. The van der Waals surface area contributed by atoms with E-state index in [2.05, 4.69) is 4.98 Å². The zero-order valence-electron chi connectivity index (χ0n) is 18.0. The fourth-order valence-electron chi connectivity index (χ4n) is 4.48. The Morgan fingerprint density at radius 2 is 1.87 bits per heavy atom. The average Bonchev–Trinajstić information content (AvgIpc) is 3.30. The van der Waals surface area contributed by atoms with Crippen LogP contribution < -0.4 is 4.90 Å². The Morgan fingerprint density at radius 1 is 1.16 bits per heavy atom. The lowest BCUT2D eigenvalue weighted by atomic mass is 9.92. The lowest BCUT2D eigenvalue weighted by Gasteiger charge is -2.37. The molecule has 7 nitrogen and oxygen atoms in total. The largest absolute Gasteiger partial charge is 0.329 e. The van der Waals surface area contributed by atoms with Gasteiger partial charge in [0.2, 0.25) is 11.8 Å². The summed E-state index contributed by atoms with van der Waals surface area (Å²) in [5.41, 5.74) is 1.63. The van der Waals surface area contributed by atoms with Gasteiger partial charge in [0, 0.05) is 25.5 Å². The summed E-state index contributed by atoms with van der Waals surface area (Å²) in [6.45, 7) is 1.96. The molecular weight excluding hydrogens is 412 g/mol. The van der Waals surface area contributed by atoms with E-state index in [1.807, 2.05) is 36.9 Å². The van der Waals surface area contributed by atoms with Crippen molar-refractivity contribution in [3.63, 3.8) is 0 Å². The van der Waals surface area contributed by atoms with Gasteiger partial charge in [0.05, 0.1) is 17.9 Å². The molecule has 1 aromatic heterocycles. The van der Waals surface area contributed by atoms with Crippen molar-refractivity contribution >= 4 is 35.2 Å². The van der Waals surface area contributed by atoms with Crippen LogP contribution in [-0.4, -0.2) is 50.0 Å². The molecule has 2 heterocycles. The van der Waals surface area contributed by atoms with Crippen LogP contribution in [0.2, 0.25) is 0 Å². The van der Waals surface area contributed by atoms with Crippen LogP contribution in [0.25, 0.3) is 0 Å². The molecule has 0 spiro atoms. The van der Waals surface area contributed by atoms with Crippen molar-refractivity contribution in [2.24, 2.45) is 7.05 Å². The second-order valence-electron chi connectivity index (χ2n) is 8.33. The molecule has 2 fully saturated rings. The van der Waals surface area contributed by atoms with Crippen LogP contribution in [-0.2, 0) is 21.4 Å². The van der Waals surface area contributed by atoms with Gasteiger partial charge in [-0.1, -0.05) is 48.7 Å². The van der Waals surface area contributed by atoms with Gasteiger partial charge in [0.25, 0.3) is 5.91 Å². The summed E-state index contributed by atoms with van der Waals surface area (Å²) in [4.78, 5) is 46.8. The number of benzene rings is 1. The second kappa shape index (κ2) is 9.26. The number of amides is 3. The molecule has 1 unspecified atom stereocenters. The average molecular weight is 441 g/mol. The summed E-state index contributed by atoms with van der Waals surface area (Å²) in [6, 6.07) is 6.62. The predicted octanol–water partition coefficient (Wildman–Crippen LogP) is 3.31. The lowest BCUT2D eigenvalue weighted by Crippen LogP contribution is -2.52. The maximum Gasteiger partial charge on any atom is 0.257 e. The summed E-state index contributed by atoms with van der Waals surface area (Å²) in [6.07, 6.45) is 8.56. The molecule has 31 heavy (non-hydrogen) atoms. The van der Waals surface area contributed by atoms with E-state index >= 15 is 0 Å². The van der Waals surface area contributed by atoms with Gasteiger partial charge in [0.15, 0.2) is 5.16 Å². The Labute approximate surface area is 186 Å². The molecule has 0 radical (unpaired) electrons.